The van der Waals surface area contributed by atoms with Gasteiger partial charge in [-0.25, -0.2) is 0 Å². The number of ether oxygens (including phenoxy) is 4. The van der Waals surface area contributed by atoms with Gasteiger partial charge >= 0.3 is 23.9 Å². The second-order valence-corrected chi connectivity index (χ2v) is 5.47. The van der Waals surface area contributed by atoms with Crippen LogP contribution in [0.1, 0.15) is 34.6 Å². The predicted molar refractivity (Wildman–Crippen MR) is 79.6 cm³/mol. The van der Waals surface area contributed by atoms with E-state index >= 15 is 0 Å². The molecule has 0 radical (unpaired) electrons. The number of nitrogens with zero attached hydrogens (tertiary/aromatic N) is 1. The molecule has 0 aromatic heterocycles. The molecule has 4 atom stereocenters. The van der Waals surface area contributed by atoms with Gasteiger partial charge < -0.3 is 23.8 Å². The molecular formula is C15H21NO9. The molecule has 1 fully saturated rings. The summed E-state index contributed by atoms with van der Waals surface area (Å²) in [6, 6.07) is 0. The van der Waals surface area contributed by atoms with Gasteiger partial charge in [0.25, 0.3) is 0 Å². The molecule has 1 heterocycles. The van der Waals surface area contributed by atoms with Crippen LogP contribution in [0, 0.1) is 0 Å². The van der Waals surface area contributed by atoms with Gasteiger partial charge in [0.05, 0.1) is 6.54 Å². The maximum absolute atomic E-state index is 11.9. The van der Waals surface area contributed by atoms with E-state index in [2.05, 4.69) is 0 Å². The molecule has 0 spiro atoms. The molecule has 10 nitrogen and oxygen atoms in total. The predicted octanol–water partition coefficient (Wildman–Crippen LogP) is -0.467. The zero-order valence-electron chi connectivity index (χ0n) is 14.6. The Bertz CT molecular complexity index is 573. The second kappa shape index (κ2) is 8.45. The van der Waals surface area contributed by atoms with Gasteiger partial charge in [0.15, 0.2) is 18.3 Å². The van der Waals surface area contributed by atoms with Gasteiger partial charge in [-0.1, -0.05) is 0 Å². The van der Waals surface area contributed by atoms with E-state index in [1.165, 1.54) is 6.92 Å². The van der Waals surface area contributed by atoms with E-state index in [0.29, 0.717) is 0 Å². The summed E-state index contributed by atoms with van der Waals surface area (Å²) in [6.45, 7) is 5.47. The van der Waals surface area contributed by atoms with Gasteiger partial charge in [-0.15, -0.1) is 0 Å². The summed E-state index contributed by atoms with van der Waals surface area (Å²) in [5.74, 6) is -3.41. The SMILES string of the molecule is CC(=O)OC1[C@H](OC(C)=O)[C@@H](OC(C)=O)[C@H](OC(C)=O)CN1C(C)=O. The molecule has 1 amide bonds. The molecule has 0 aromatic carbocycles. The van der Waals surface area contributed by atoms with Gasteiger partial charge in [-0.2, -0.15) is 0 Å². The average Bonchev–Trinajstić information content (AvgIpc) is 2.42. The molecule has 0 N–H and O–H groups in total. The fourth-order valence-corrected chi connectivity index (χ4v) is 2.53. The Labute approximate surface area is 144 Å². The van der Waals surface area contributed by atoms with Crippen molar-refractivity contribution in [3.8, 4) is 0 Å². The lowest BCUT2D eigenvalue weighted by Gasteiger charge is -2.45. The maximum atomic E-state index is 11.9. The highest BCUT2D eigenvalue weighted by atomic mass is 16.6. The van der Waals surface area contributed by atoms with E-state index in [4.69, 9.17) is 18.9 Å². The Hall–Kier alpha value is -2.65. The Kier molecular flexibility index (Phi) is 6.89. The monoisotopic (exact) mass is 359 g/mol. The van der Waals surface area contributed by atoms with Gasteiger partial charge in [0.2, 0.25) is 12.1 Å². The minimum Gasteiger partial charge on any atom is -0.457 e. The van der Waals surface area contributed by atoms with E-state index in [1.807, 2.05) is 0 Å². The number of hydrogen-bond donors (Lipinski definition) is 0. The zero-order chi connectivity index (χ0) is 19.3. The number of likely N-dealkylation sites (tertiary alicyclic amines) is 1. The Morgan fingerprint density at radius 1 is 0.680 bits per heavy atom. The molecule has 0 aliphatic carbocycles. The van der Waals surface area contributed by atoms with Crippen LogP contribution in [0.25, 0.3) is 0 Å². The van der Waals surface area contributed by atoms with Crippen molar-refractivity contribution in [2.75, 3.05) is 6.54 Å². The first-order valence-electron chi connectivity index (χ1n) is 7.49. The molecule has 10 heteroatoms. The standard InChI is InChI=1S/C15H21NO9/c1-7(17)16-6-12(22-8(2)18)13(23-9(3)19)14(24-10(4)20)15(16)25-11(5)21/h12-15H,6H2,1-5H3/t12-,13+,14-,15?/m1/s1. The van der Waals surface area contributed by atoms with E-state index in [-0.39, 0.29) is 6.54 Å². The van der Waals surface area contributed by atoms with Crippen molar-refractivity contribution in [1.29, 1.82) is 0 Å². The average molecular weight is 359 g/mol. The third-order valence-electron chi connectivity index (χ3n) is 3.27. The molecular weight excluding hydrogens is 338 g/mol. The van der Waals surface area contributed by atoms with Crippen molar-refractivity contribution in [2.45, 2.75) is 59.2 Å². The van der Waals surface area contributed by atoms with Crippen molar-refractivity contribution in [3.63, 3.8) is 0 Å². The third kappa shape index (κ3) is 5.73. The van der Waals surface area contributed by atoms with Crippen LogP contribution >= 0.6 is 0 Å². The first kappa shape index (κ1) is 20.4. The Morgan fingerprint density at radius 2 is 1.12 bits per heavy atom. The van der Waals surface area contributed by atoms with Crippen molar-refractivity contribution < 1.29 is 42.9 Å². The number of hydrogen-bond acceptors (Lipinski definition) is 9. The molecule has 0 saturated carbocycles. The number of rotatable bonds is 4. The van der Waals surface area contributed by atoms with E-state index < -0.39 is 54.3 Å². The Balaban J connectivity index is 3.33. The van der Waals surface area contributed by atoms with Gasteiger partial charge in [-0.05, 0) is 0 Å². The summed E-state index contributed by atoms with van der Waals surface area (Å²) < 4.78 is 20.5. The number of amides is 1. The lowest BCUT2D eigenvalue weighted by molar-refractivity contribution is -0.234. The smallest absolute Gasteiger partial charge is 0.304 e. The largest absolute Gasteiger partial charge is 0.457 e. The summed E-state index contributed by atoms with van der Waals surface area (Å²) in [5, 5.41) is 0. The number of piperidine rings is 1. The number of carbonyl (C=O) groups is 5. The highest BCUT2D eigenvalue weighted by Gasteiger charge is 2.52. The fourth-order valence-electron chi connectivity index (χ4n) is 2.53. The highest BCUT2D eigenvalue weighted by molar-refractivity contribution is 5.75. The van der Waals surface area contributed by atoms with Crippen molar-refractivity contribution in [2.24, 2.45) is 0 Å². The molecule has 140 valence electrons. The minimum atomic E-state index is -1.35. The Morgan fingerprint density at radius 3 is 1.52 bits per heavy atom. The van der Waals surface area contributed by atoms with Crippen molar-refractivity contribution >= 4 is 29.8 Å². The molecule has 0 aromatic rings. The van der Waals surface area contributed by atoms with Crippen LogP contribution in [0.2, 0.25) is 0 Å². The fraction of sp³-hybridized carbons (Fsp3) is 0.667. The van der Waals surface area contributed by atoms with Crippen LogP contribution in [-0.4, -0.2) is 65.8 Å². The second-order valence-electron chi connectivity index (χ2n) is 5.47. The van der Waals surface area contributed by atoms with Crippen LogP contribution in [0.15, 0.2) is 0 Å². The van der Waals surface area contributed by atoms with Crippen LogP contribution in [-0.2, 0) is 42.9 Å². The van der Waals surface area contributed by atoms with Gasteiger partial charge in [0, 0.05) is 34.6 Å². The number of esters is 4. The van der Waals surface area contributed by atoms with Gasteiger partial charge in [-0.3, -0.25) is 24.0 Å². The van der Waals surface area contributed by atoms with Crippen molar-refractivity contribution in [3.05, 3.63) is 0 Å². The summed E-state index contributed by atoms with van der Waals surface area (Å²) in [6.07, 6.45) is -5.02. The molecule has 25 heavy (non-hydrogen) atoms. The lowest BCUT2D eigenvalue weighted by atomic mass is 9.98. The van der Waals surface area contributed by atoms with Crippen LogP contribution in [0.5, 0.6) is 0 Å². The minimum absolute atomic E-state index is 0.206. The first-order valence-corrected chi connectivity index (χ1v) is 7.49. The molecule has 1 saturated heterocycles. The molecule has 1 aliphatic heterocycles. The third-order valence-corrected chi connectivity index (χ3v) is 3.27. The quantitative estimate of drug-likeness (QED) is 0.484. The normalized spacial score (nSPS) is 25.6. The lowest BCUT2D eigenvalue weighted by Crippen LogP contribution is -2.66. The van der Waals surface area contributed by atoms with E-state index in [9.17, 15) is 24.0 Å². The zero-order valence-corrected chi connectivity index (χ0v) is 14.6. The summed E-state index contributed by atoms with van der Waals surface area (Å²) in [5.41, 5.74) is 0. The summed E-state index contributed by atoms with van der Waals surface area (Å²) in [4.78, 5) is 58.6. The number of carbonyl (C=O) groups excluding carboxylic acids is 5. The highest BCUT2D eigenvalue weighted by Crippen LogP contribution is 2.27. The van der Waals surface area contributed by atoms with E-state index in [1.54, 1.807) is 0 Å². The van der Waals surface area contributed by atoms with Crippen LogP contribution in [0.4, 0.5) is 0 Å². The topological polar surface area (TPSA) is 126 Å². The van der Waals surface area contributed by atoms with Gasteiger partial charge in [0.1, 0.15) is 0 Å². The molecule has 1 aliphatic rings. The maximum Gasteiger partial charge on any atom is 0.304 e. The molecule has 1 unspecified atom stereocenters. The summed E-state index contributed by atoms with van der Waals surface area (Å²) >= 11 is 0. The molecule has 1 rings (SSSR count). The van der Waals surface area contributed by atoms with E-state index in [0.717, 1.165) is 32.6 Å². The van der Waals surface area contributed by atoms with Crippen LogP contribution in [0.3, 0.4) is 0 Å². The van der Waals surface area contributed by atoms with Crippen molar-refractivity contribution in [1.82, 2.24) is 4.90 Å². The first-order chi connectivity index (χ1) is 11.5. The summed E-state index contributed by atoms with van der Waals surface area (Å²) in [7, 11) is 0. The molecule has 0 bridgehead atoms. The van der Waals surface area contributed by atoms with Crippen LogP contribution < -0.4 is 0 Å².